The molecule has 0 aliphatic carbocycles. The number of pyridine rings is 1. The second-order valence-electron chi connectivity index (χ2n) is 2.84. The molecule has 0 aliphatic heterocycles. The lowest BCUT2D eigenvalue weighted by molar-refractivity contribution is 0.881. The molecule has 0 aliphatic rings. The summed E-state index contributed by atoms with van der Waals surface area (Å²) in [5.41, 5.74) is 2.13. The number of nitrogens with one attached hydrogen (secondary N) is 2. The van der Waals surface area contributed by atoms with Crippen molar-refractivity contribution in [2.24, 2.45) is 0 Å². The topological polar surface area (TPSA) is 79.4 Å². The number of aromatic nitrogens is 5. The first-order valence-corrected chi connectivity index (χ1v) is 4.24. The second-order valence-corrected chi connectivity index (χ2v) is 2.84. The van der Waals surface area contributed by atoms with Crippen molar-refractivity contribution < 1.29 is 0 Å². The summed E-state index contributed by atoms with van der Waals surface area (Å²) in [7, 11) is 0. The molecule has 0 aromatic carbocycles. The first kappa shape index (κ1) is 8.61. The van der Waals surface area contributed by atoms with E-state index in [2.05, 4.69) is 30.9 Å². The van der Waals surface area contributed by atoms with E-state index in [4.69, 9.17) is 0 Å². The highest BCUT2D eigenvalue weighted by molar-refractivity contribution is 5.26. The molecule has 0 amide bonds. The van der Waals surface area contributed by atoms with Gasteiger partial charge in [-0.05, 0) is 23.8 Å². The number of anilines is 1. The third-order valence-corrected chi connectivity index (χ3v) is 1.90. The summed E-state index contributed by atoms with van der Waals surface area (Å²) in [5.74, 6) is 0.494. The molecule has 72 valence electrons. The number of tetrazole rings is 1. The summed E-state index contributed by atoms with van der Waals surface area (Å²) in [6.45, 7) is 2.62. The molecule has 0 fully saturated rings. The van der Waals surface area contributed by atoms with Crippen LogP contribution in [-0.4, -0.2) is 25.6 Å². The van der Waals surface area contributed by atoms with Gasteiger partial charge in [-0.2, -0.15) is 5.21 Å². The van der Waals surface area contributed by atoms with Crippen molar-refractivity contribution in [2.75, 3.05) is 5.32 Å². The molecule has 2 N–H and O–H groups in total. The molecule has 2 heterocycles. The van der Waals surface area contributed by atoms with Crippen LogP contribution in [0.2, 0.25) is 0 Å². The van der Waals surface area contributed by atoms with Gasteiger partial charge < -0.3 is 5.32 Å². The lowest BCUT2D eigenvalue weighted by Gasteiger charge is -2.03. The van der Waals surface area contributed by atoms with E-state index < -0.39 is 0 Å². The van der Waals surface area contributed by atoms with E-state index in [-0.39, 0.29) is 0 Å². The Morgan fingerprint density at radius 2 is 2.43 bits per heavy atom. The van der Waals surface area contributed by atoms with Crippen molar-refractivity contribution in [1.29, 1.82) is 0 Å². The summed E-state index contributed by atoms with van der Waals surface area (Å²) in [4.78, 5) is 4.17. The molecule has 0 spiro atoms. The fourth-order valence-corrected chi connectivity index (χ4v) is 1.12. The van der Waals surface area contributed by atoms with Gasteiger partial charge in [0.05, 0.1) is 0 Å². The monoisotopic (exact) mass is 190 g/mol. The molecule has 0 atom stereocenters. The maximum Gasteiger partial charge on any atom is 0.263 e. The van der Waals surface area contributed by atoms with E-state index in [0.29, 0.717) is 12.5 Å². The van der Waals surface area contributed by atoms with Gasteiger partial charge in [0.25, 0.3) is 5.95 Å². The summed E-state index contributed by atoms with van der Waals surface area (Å²) < 4.78 is 0. The van der Waals surface area contributed by atoms with Crippen LogP contribution in [0, 0.1) is 6.92 Å². The largest absolute Gasteiger partial charge is 0.347 e. The van der Waals surface area contributed by atoms with Crippen LogP contribution < -0.4 is 5.32 Å². The summed E-state index contributed by atoms with van der Waals surface area (Å²) in [5, 5.41) is 16.4. The van der Waals surface area contributed by atoms with Crippen molar-refractivity contribution in [3.05, 3.63) is 29.6 Å². The number of nitrogens with zero attached hydrogens (tertiary/aromatic N) is 4. The SMILES string of the molecule is Cc1ncccc1CNc1nn[nH]n1. The van der Waals surface area contributed by atoms with Crippen LogP contribution in [0.15, 0.2) is 18.3 Å². The molecule has 14 heavy (non-hydrogen) atoms. The van der Waals surface area contributed by atoms with Crippen LogP contribution in [0.25, 0.3) is 0 Å². The normalized spacial score (nSPS) is 10.1. The van der Waals surface area contributed by atoms with Gasteiger partial charge in [0, 0.05) is 18.4 Å². The predicted molar refractivity (Wildman–Crippen MR) is 50.5 cm³/mol. The molecule has 6 nitrogen and oxygen atoms in total. The minimum Gasteiger partial charge on any atom is -0.347 e. The van der Waals surface area contributed by atoms with Crippen molar-refractivity contribution >= 4 is 5.95 Å². The molecular weight excluding hydrogens is 180 g/mol. The number of H-pyrrole nitrogens is 1. The van der Waals surface area contributed by atoms with Crippen LogP contribution in [0.1, 0.15) is 11.3 Å². The molecule has 0 bridgehead atoms. The Labute approximate surface area is 80.8 Å². The van der Waals surface area contributed by atoms with Crippen molar-refractivity contribution in [2.45, 2.75) is 13.5 Å². The molecule has 2 aromatic heterocycles. The zero-order valence-corrected chi connectivity index (χ0v) is 7.73. The van der Waals surface area contributed by atoms with E-state index >= 15 is 0 Å². The molecule has 6 heteroatoms. The molecule has 0 saturated carbocycles. The Kier molecular flexibility index (Phi) is 2.35. The second kappa shape index (κ2) is 3.82. The van der Waals surface area contributed by atoms with Gasteiger partial charge in [-0.15, -0.1) is 5.10 Å². The molecule has 2 rings (SSSR count). The Balaban J connectivity index is 2.02. The van der Waals surface area contributed by atoms with Gasteiger partial charge in [0.15, 0.2) is 0 Å². The van der Waals surface area contributed by atoms with Gasteiger partial charge in [-0.25, -0.2) is 0 Å². The minimum absolute atomic E-state index is 0.494. The smallest absolute Gasteiger partial charge is 0.263 e. The number of hydrogen-bond donors (Lipinski definition) is 2. The summed E-state index contributed by atoms with van der Waals surface area (Å²) in [6.07, 6.45) is 1.77. The van der Waals surface area contributed by atoms with Gasteiger partial charge in [0.1, 0.15) is 0 Å². The highest BCUT2D eigenvalue weighted by Crippen LogP contribution is 2.05. The highest BCUT2D eigenvalue weighted by atomic mass is 15.5. The van der Waals surface area contributed by atoms with E-state index in [1.807, 2.05) is 19.1 Å². The van der Waals surface area contributed by atoms with Gasteiger partial charge in [-0.3, -0.25) is 4.98 Å². The quantitative estimate of drug-likeness (QED) is 0.737. The Hall–Kier alpha value is -1.98. The molecule has 0 radical (unpaired) electrons. The average Bonchev–Trinajstić information content (AvgIpc) is 2.69. The third kappa shape index (κ3) is 1.85. The Bertz CT molecular complexity index is 396. The van der Waals surface area contributed by atoms with E-state index in [1.165, 1.54) is 0 Å². The zero-order valence-electron chi connectivity index (χ0n) is 7.73. The van der Waals surface area contributed by atoms with Gasteiger partial charge in [0.2, 0.25) is 0 Å². The fraction of sp³-hybridized carbons (Fsp3) is 0.250. The zero-order chi connectivity index (χ0) is 9.80. The average molecular weight is 190 g/mol. The lowest BCUT2D eigenvalue weighted by Crippen LogP contribution is -2.03. The Morgan fingerprint density at radius 3 is 3.14 bits per heavy atom. The van der Waals surface area contributed by atoms with Crippen LogP contribution in [0.4, 0.5) is 5.95 Å². The first-order chi connectivity index (χ1) is 6.86. The molecule has 0 saturated heterocycles. The van der Waals surface area contributed by atoms with Crippen molar-refractivity contribution in [3.63, 3.8) is 0 Å². The number of hydrogen-bond acceptors (Lipinski definition) is 5. The maximum atomic E-state index is 4.17. The maximum absolute atomic E-state index is 4.17. The van der Waals surface area contributed by atoms with E-state index in [9.17, 15) is 0 Å². The van der Waals surface area contributed by atoms with Crippen LogP contribution in [0.5, 0.6) is 0 Å². The molecule has 0 unspecified atom stereocenters. The summed E-state index contributed by atoms with van der Waals surface area (Å²) >= 11 is 0. The predicted octanol–water partition coefficient (Wildman–Crippen LogP) is 0.515. The number of rotatable bonds is 3. The first-order valence-electron chi connectivity index (χ1n) is 4.24. The van der Waals surface area contributed by atoms with Crippen molar-refractivity contribution in [1.82, 2.24) is 25.6 Å². The summed E-state index contributed by atoms with van der Waals surface area (Å²) in [6, 6.07) is 3.91. The number of aryl methyl sites for hydroxylation is 1. The van der Waals surface area contributed by atoms with Gasteiger partial charge in [-0.1, -0.05) is 11.2 Å². The lowest BCUT2D eigenvalue weighted by atomic mass is 10.2. The standard InChI is InChI=1S/C8H10N6/c1-6-7(3-2-4-9-6)5-10-8-11-13-14-12-8/h2-4H,5H2,1H3,(H2,10,11,12,13,14). The van der Waals surface area contributed by atoms with E-state index in [1.54, 1.807) is 6.20 Å². The number of aromatic amines is 1. The highest BCUT2D eigenvalue weighted by Gasteiger charge is 1.99. The van der Waals surface area contributed by atoms with Crippen LogP contribution >= 0.6 is 0 Å². The molecular formula is C8H10N6. The fourth-order valence-electron chi connectivity index (χ4n) is 1.12. The van der Waals surface area contributed by atoms with Crippen molar-refractivity contribution in [3.8, 4) is 0 Å². The third-order valence-electron chi connectivity index (χ3n) is 1.90. The minimum atomic E-state index is 0.494. The van der Waals surface area contributed by atoms with E-state index in [0.717, 1.165) is 11.3 Å². The Morgan fingerprint density at radius 1 is 1.50 bits per heavy atom. The molecule has 2 aromatic rings. The van der Waals surface area contributed by atoms with Crippen LogP contribution in [0.3, 0.4) is 0 Å². The van der Waals surface area contributed by atoms with Gasteiger partial charge >= 0.3 is 0 Å². The van der Waals surface area contributed by atoms with Crippen LogP contribution in [-0.2, 0) is 6.54 Å².